The van der Waals surface area contributed by atoms with E-state index in [1.54, 1.807) is 0 Å². The molecule has 0 aliphatic carbocycles. The van der Waals surface area contributed by atoms with Crippen molar-refractivity contribution in [2.24, 2.45) is 0 Å². The number of benzene rings is 11. The number of aromatic nitrogens is 5. The predicted octanol–water partition coefficient (Wildman–Crippen LogP) is 17.1. The highest BCUT2D eigenvalue weighted by Crippen LogP contribution is 2.45. The monoisotopic (exact) mass is 903 g/mol. The molecule has 330 valence electrons. The Morgan fingerprint density at radius 2 is 0.718 bits per heavy atom. The molecule has 5 nitrogen and oxygen atoms in total. The van der Waals surface area contributed by atoms with Crippen molar-refractivity contribution in [2.75, 3.05) is 0 Å². The maximum absolute atomic E-state index is 5.49. The molecule has 0 saturated heterocycles. The molecule has 0 amide bonds. The Bertz CT molecular complexity index is 4550. The first-order chi connectivity index (χ1) is 35.2. The van der Waals surface area contributed by atoms with Crippen LogP contribution in [0.2, 0.25) is 0 Å². The number of rotatable bonds is 6. The standard InChI is InChI=1S/C66H41N5/c1-2-16-42(17-3-1)47-22-14-23-50(40-47)69-56-27-11-9-25-52(56)64-61(69)36-37-62-65(64)53-26-10-12-28-57(53)70(62)59-30-15-31-60-63(59)51-24-8-13-29-58(51)71(60)66-67-54(48-34-32-43-18-4-6-20-45(43)38-48)41-55(68-66)49-35-33-44-19-5-7-21-46(44)39-49/h1-41H. The summed E-state index contributed by atoms with van der Waals surface area (Å²) in [5, 5.41) is 11.9. The lowest BCUT2D eigenvalue weighted by Crippen LogP contribution is -2.04. The summed E-state index contributed by atoms with van der Waals surface area (Å²) in [6.07, 6.45) is 0. The molecule has 0 atom stereocenters. The van der Waals surface area contributed by atoms with E-state index >= 15 is 0 Å². The zero-order valence-electron chi connectivity index (χ0n) is 38.4. The van der Waals surface area contributed by atoms with Crippen molar-refractivity contribution >= 4 is 87.0 Å². The fraction of sp³-hybridized carbons (Fsp3) is 0. The second kappa shape index (κ2) is 15.5. The summed E-state index contributed by atoms with van der Waals surface area (Å²) in [5.74, 6) is 0.621. The van der Waals surface area contributed by atoms with Crippen LogP contribution in [0, 0.1) is 0 Å². The third kappa shape index (κ3) is 6.06. The van der Waals surface area contributed by atoms with Crippen molar-refractivity contribution in [1.82, 2.24) is 23.7 Å². The first kappa shape index (κ1) is 39.4. The van der Waals surface area contributed by atoms with Gasteiger partial charge in [-0.05, 0) is 105 Å². The minimum absolute atomic E-state index is 0.621. The lowest BCUT2D eigenvalue weighted by Gasteiger charge is -2.13. The summed E-state index contributed by atoms with van der Waals surface area (Å²) in [6.45, 7) is 0. The minimum atomic E-state index is 0.621. The molecule has 0 unspecified atom stereocenters. The minimum Gasteiger partial charge on any atom is -0.309 e. The van der Waals surface area contributed by atoms with Crippen molar-refractivity contribution in [2.45, 2.75) is 0 Å². The Balaban J connectivity index is 0.986. The Morgan fingerprint density at radius 1 is 0.254 bits per heavy atom. The molecule has 0 fully saturated rings. The Morgan fingerprint density at radius 3 is 1.35 bits per heavy atom. The van der Waals surface area contributed by atoms with Gasteiger partial charge in [0.1, 0.15) is 0 Å². The van der Waals surface area contributed by atoms with Crippen LogP contribution in [0.15, 0.2) is 249 Å². The third-order valence-electron chi connectivity index (χ3n) is 14.6. The van der Waals surface area contributed by atoms with Gasteiger partial charge in [0.15, 0.2) is 0 Å². The molecule has 0 spiro atoms. The normalized spacial score (nSPS) is 11.9. The van der Waals surface area contributed by atoms with E-state index in [9.17, 15) is 0 Å². The van der Waals surface area contributed by atoms with Gasteiger partial charge in [0.05, 0.1) is 50.2 Å². The van der Waals surface area contributed by atoms with Gasteiger partial charge in [-0.1, -0.05) is 176 Å². The predicted molar refractivity (Wildman–Crippen MR) is 296 cm³/mol. The second-order valence-electron chi connectivity index (χ2n) is 18.6. The van der Waals surface area contributed by atoms with Crippen LogP contribution in [-0.2, 0) is 0 Å². The summed E-state index contributed by atoms with van der Waals surface area (Å²) in [5.41, 5.74) is 15.2. The quantitative estimate of drug-likeness (QED) is 0.167. The lowest BCUT2D eigenvalue weighted by molar-refractivity contribution is 0.995. The van der Waals surface area contributed by atoms with Crippen molar-refractivity contribution in [3.8, 4) is 51.0 Å². The molecule has 0 aliphatic rings. The first-order valence-electron chi connectivity index (χ1n) is 24.2. The van der Waals surface area contributed by atoms with Crippen LogP contribution in [0.1, 0.15) is 0 Å². The number of hydrogen-bond donors (Lipinski definition) is 0. The molecular weight excluding hydrogens is 863 g/mol. The zero-order chi connectivity index (χ0) is 46.6. The number of fused-ring (bicyclic) bond motifs is 12. The van der Waals surface area contributed by atoms with Gasteiger partial charge in [0.2, 0.25) is 5.95 Å². The van der Waals surface area contributed by atoms with E-state index in [0.29, 0.717) is 5.95 Å². The molecule has 0 saturated carbocycles. The van der Waals surface area contributed by atoms with Crippen molar-refractivity contribution in [3.05, 3.63) is 249 Å². The van der Waals surface area contributed by atoms with Crippen LogP contribution in [0.4, 0.5) is 0 Å². The number of hydrogen-bond acceptors (Lipinski definition) is 2. The van der Waals surface area contributed by atoms with Gasteiger partial charge in [-0.3, -0.25) is 4.57 Å². The molecule has 4 aromatic heterocycles. The molecule has 0 aliphatic heterocycles. The smallest absolute Gasteiger partial charge is 0.235 e. The van der Waals surface area contributed by atoms with Crippen LogP contribution < -0.4 is 0 Å². The third-order valence-corrected chi connectivity index (χ3v) is 14.6. The highest BCUT2D eigenvalue weighted by atomic mass is 15.2. The second-order valence-corrected chi connectivity index (χ2v) is 18.6. The average molecular weight is 904 g/mol. The van der Waals surface area contributed by atoms with E-state index in [0.717, 1.165) is 66.7 Å². The molecule has 0 bridgehead atoms. The maximum atomic E-state index is 5.49. The highest BCUT2D eigenvalue weighted by molar-refractivity contribution is 6.29. The summed E-state index contributed by atoms with van der Waals surface area (Å²) >= 11 is 0. The van der Waals surface area contributed by atoms with Gasteiger partial charge in [0, 0.05) is 49.1 Å². The van der Waals surface area contributed by atoms with Crippen LogP contribution in [0.5, 0.6) is 0 Å². The fourth-order valence-electron chi connectivity index (χ4n) is 11.4. The van der Waals surface area contributed by atoms with Gasteiger partial charge in [-0.2, -0.15) is 0 Å². The van der Waals surface area contributed by atoms with Gasteiger partial charge in [-0.15, -0.1) is 0 Å². The van der Waals surface area contributed by atoms with E-state index in [1.165, 1.54) is 65.3 Å². The van der Waals surface area contributed by atoms with E-state index in [1.807, 2.05) is 0 Å². The van der Waals surface area contributed by atoms with E-state index in [4.69, 9.17) is 9.97 Å². The van der Waals surface area contributed by atoms with Crippen molar-refractivity contribution in [3.63, 3.8) is 0 Å². The van der Waals surface area contributed by atoms with E-state index in [2.05, 4.69) is 262 Å². The molecule has 0 radical (unpaired) electrons. The molecular formula is C66H41N5. The Kier molecular flexibility index (Phi) is 8.59. The van der Waals surface area contributed by atoms with Crippen LogP contribution >= 0.6 is 0 Å². The van der Waals surface area contributed by atoms with E-state index < -0.39 is 0 Å². The molecule has 5 heteroatoms. The SMILES string of the molecule is c1ccc(-c2cccc(-n3c4ccccc4c4c5c6ccccc6n(-c6cccc7c6c6ccccc6n7-c6nc(-c7ccc8ccccc8c7)cc(-c7ccc8ccccc8c7)n6)c5ccc43)c2)cc1. The largest absolute Gasteiger partial charge is 0.309 e. The summed E-state index contributed by atoms with van der Waals surface area (Å²) in [4.78, 5) is 11.0. The summed E-state index contributed by atoms with van der Waals surface area (Å²) in [6, 6.07) is 89.8. The van der Waals surface area contributed by atoms with E-state index in [-0.39, 0.29) is 0 Å². The lowest BCUT2D eigenvalue weighted by atomic mass is 10.0. The topological polar surface area (TPSA) is 40.6 Å². The highest BCUT2D eigenvalue weighted by Gasteiger charge is 2.24. The van der Waals surface area contributed by atoms with Crippen LogP contribution in [-0.4, -0.2) is 23.7 Å². The van der Waals surface area contributed by atoms with Gasteiger partial charge in [0.25, 0.3) is 0 Å². The van der Waals surface area contributed by atoms with Gasteiger partial charge >= 0.3 is 0 Å². The maximum Gasteiger partial charge on any atom is 0.235 e. The number of para-hydroxylation sites is 3. The number of nitrogens with zero attached hydrogens (tertiary/aromatic N) is 5. The molecule has 4 heterocycles. The Hall–Kier alpha value is -9.58. The first-order valence-corrected chi connectivity index (χ1v) is 24.2. The fourth-order valence-corrected chi connectivity index (χ4v) is 11.4. The van der Waals surface area contributed by atoms with Crippen LogP contribution in [0.3, 0.4) is 0 Å². The van der Waals surface area contributed by atoms with Crippen molar-refractivity contribution in [1.29, 1.82) is 0 Å². The molecule has 15 aromatic rings. The summed E-state index contributed by atoms with van der Waals surface area (Å²) < 4.78 is 7.19. The molecule has 71 heavy (non-hydrogen) atoms. The molecule has 15 rings (SSSR count). The van der Waals surface area contributed by atoms with Crippen LogP contribution in [0.25, 0.3) is 138 Å². The molecule has 11 aromatic carbocycles. The van der Waals surface area contributed by atoms with Gasteiger partial charge in [-0.25, -0.2) is 9.97 Å². The van der Waals surface area contributed by atoms with Gasteiger partial charge < -0.3 is 9.13 Å². The molecule has 0 N–H and O–H groups in total. The Labute approximate surface area is 408 Å². The van der Waals surface area contributed by atoms with Crippen molar-refractivity contribution < 1.29 is 0 Å². The summed E-state index contributed by atoms with van der Waals surface area (Å²) in [7, 11) is 0. The average Bonchev–Trinajstić information content (AvgIpc) is 4.09. The zero-order valence-corrected chi connectivity index (χ0v) is 38.4.